The maximum atomic E-state index is 12.1. The summed E-state index contributed by atoms with van der Waals surface area (Å²) >= 11 is 0. The molecule has 0 bridgehead atoms. The molecule has 2 rings (SSSR count). The molecule has 1 saturated carbocycles. The monoisotopic (exact) mass is 282 g/mol. The zero-order valence-corrected chi connectivity index (χ0v) is 12.5. The predicted molar refractivity (Wildman–Crippen MR) is 76.4 cm³/mol. The van der Waals surface area contributed by atoms with Gasteiger partial charge in [0.25, 0.3) is 0 Å². The number of hydrogen-bond acceptors (Lipinski definition) is 2. The van der Waals surface area contributed by atoms with E-state index in [9.17, 15) is 9.59 Å². The molecule has 2 fully saturated rings. The number of urea groups is 1. The number of amides is 2. The Labute approximate surface area is 120 Å². The molecule has 1 aliphatic heterocycles. The number of aliphatic carboxylic acids is 1. The van der Waals surface area contributed by atoms with Crippen LogP contribution in [-0.4, -0.2) is 41.1 Å². The Morgan fingerprint density at radius 3 is 2.30 bits per heavy atom. The van der Waals surface area contributed by atoms with E-state index in [2.05, 4.69) is 19.2 Å². The molecular weight excluding hydrogens is 256 g/mol. The average Bonchev–Trinajstić information content (AvgIpc) is 2.89. The molecule has 2 N–H and O–H groups in total. The zero-order chi connectivity index (χ0) is 14.7. The highest BCUT2D eigenvalue weighted by Crippen LogP contribution is 2.30. The van der Waals surface area contributed by atoms with Gasteiger partial charge in [0, 0.05) is 19.1 Å². The Kier molecular flexibility index (Phi) is 4.89. The van der Waals surface area contributed by atoms with Gasteiger partial charge < -0.3 is 15.3 Å². The summed E-state index contributed by atoms with van der Waals surface area (Å²) < 4.78 is 0. The van der Waals surface area contributed by atoms with Crippen LogP contribution in [-0.2, 0) is 4.79 Å². The minimum atomic E-state index is -0.794. The van der Waals surface area contributed by atoms with Crippen molar-refractivity contribution in [2.75, 3.05) is 13.1 Å². The number of carboxylic acids is 1. The third kappa shape index (κ3) is 3.64. The fraction of sp³-hybridized carbons (Fsp3) is 0.867. The van der Waals surface area contributed by atoms with Crippen LogP contribution < -0.4 is 5.32 Å². The van der Waals surface area contributed by atoms with Crippen molar-refractivity contribution >= 4 is 12.0 Å². The number of likely N-dealkylation sites (tertiary alicyclic amines) is 1. The fourth-order valence-corrected chi connectivity index (χ4v) is 3.34. The number of carbonyl (C=O) groups excluding carboxylic acids is 1. The Hall–Kier alpha value is -1.26. The third-order valence-corrected chi connectivity index (χ3v) is 4.87. The summed E-state index contributed by atoms with van der Waals surface area (Å²) in [6.07, 6.45) is 5.03. The largest absolute Gasteiger partial charge is 0.481 e. The summed E-state index contributed by atoms with van der Waals surface area (Å²) in [5.41, 5.74) is 0. The van der Waals surface area contributed by atoms with Gasteiger partial charge in [-0.2, -0.15) is 0 Å². The minimum Gasteiger partial charge on any atom is -0.481 e. The van der Waals surface area contributed by atoms with Gasteiger partial charge in [-0.1, -0.05) is 13.8 Å². The minimum absolute atomic E-state index is 0.0817. The molecule has 20 heavy (non-hydrogen) atoms. The van der Waals surface area contributed by atoms with Gasteiger partial charge in [0.05, 0.1) is 5.92 Å². The van der Waals surface area contributed by atoms with E-state index in [4.69, 9.17) is 5.11 Å². The van der Waals surface area contributed by atoms with E-state index >= 15 is 0 Å². The van der Waals surface area contributed by atoms with Gasteiger partial charge in [-0.25, -0.2) is 4.79 Å². The highest BCUT2D eigenvalue weighted by atomic mass is 16.4. The van der Waals surface area contributed by atoms with Gasteiger partial charge in [0.1, 0.15) is 0 Å². The molecule has 2 aliphatic rings. The zero-order valence-electron chi connectivity index (χ0n) is 12.5. The van der Waals surface area contributed by atoms with E-state index in [1.165, 1.54) is 12.8 Å². The molecule has 0 radical (unpaired) electrons. The summed E-state index contributed by atoms with van der Waals surface area (Å²) in [5, 5.41) is 12.0. The van der Waals surface area contributed by atoms with E-state index in [1.807, 2.05) is 0 Å². The second-order valence-electron chi connectivity index (χ2n) is 6.58. The van der Waals surface area contributed by atoms with Gasteiger partial charge in [0.15, 0.2) is 0 Å². The lowest BCUT2D eigenvalue weighted by Crippen LogP contribution is -2.45. The Morgan fingerprint density at radius 2 is 1.80 bits per heavy atom. The van der Waals surface area contributed by atoms with Crippen LogP contribution in [0.5, 0.6) is 0 Å². The van der Waals surface area contributed by atoms with Crippen LogP contribution in [0.1, 0.15) is 46.0 Å². The first-order chi connectivity index (χ1) is 9.47. The topological polar surface area (TPSA) is 69.6 Å². The molecule has 1 heterocycles. The summed E-state index contributed by atoms with van der Waals surface area (Å²) in [5.74, 6) is 0.322. The quantitative estimate of drug-likeness (QED) is 0.834. The van der Waals surface area contributed by atoms with Crippen LogP contribution >= 0.6 is 0 Å². The molecule has 2 amide bonds. The first kappa shape index (κ1) is 15.1. The molecule has 0 spiro atoms. The lowest BCUT2D eigenvalue weighted by molar-refractivity contribution is -0.141. The molecule has 0 aromatic heterocycles. The highest BCUT2D eigenvalue weighted by molar-refractivity contribution is 5.77. The van der Waals surface area contributed by atoms with Crippen molar-refractivity contribution in [1.29, 1.82) is 0 Å². The summed E-state index contributed by atoms with van der Waals surface area (Å²) in [6, 6.07) is 0.183. The van der Waals surface area contributed by atoms with Crippen LogP contribution in [0.4, 0.5) is 4.79 Å². The van der Waals surface area contributed by atoms with E-state index in [0.29, 0.717) is 19.5 Å². The number of hydrogen-bond donors (Lipinski definition) is 2. The van der Waals surface area contributed by atoms with Crippen molar-refractivity contribution in [1.82, 2.24) is 10.2 Å². The lowest BCUT2D eigenvalue weighted by Gasteiger charge is -2.32. The van der Waals surface area contributed by atoms with Gasteiger partial charge in [0.2, 0.25) is 0 Å². The summed E-state index contributed by atoms with van der Waals surface area (Å²) in [4.78, 5) is 24.7. The number of nitrogens with one attached hydrogen (secondary N) is 1. The Morgan fingerprint density at radius 1 is 1.15 bits per heavy atom. The fourth-order valence-electron chi connectivity index (χ4n) is 3.34. The van der Waals surface area contributed by atoms with Gasteiger partial charge in [-0.15, -0.1) is 0 Å². The Balaban J connectivity index is 1.75. The van der Waals surface area contributed by atoms with Crippen molar-refractivity contribution in [3.05, 3.63) is 0 Å². The van der Waals surface area contributed by atoms with Crippen molar-refractivity contribution in [2.45, 2.75) is 52.0 Å². The molecule has 114 valence electrons. The molecule has 5 heteroatoms. The maximum Gasteiger partial charge on any atom is 0.317 e. The van der Waals surface area contributed by atoms with E-state index < -0.39 is 11.9 Å². The molecule has 1 atom stereocenters. The van der Waals surface area contributed by atoms with Gasteiger partial charge >= 0.3 is 12.0 Å². The second kappa shape index (κ2) is 6.46. The smallest absolute Gasteiger partial charge is 0.317 e. The molecule has 0 aromatic rings. The Bertz CT molecular complexity index is 362. The number of carbonyl (C=O) groups is 2. The molecule has 1 aliphatic carbocycles. The van der Waals surface area contributed by atoms with Crippen LogP contribution in [0.3, 0.4) is 0 Å². The first-order valence-corrected chi connectivity index (χ1v) is 7.75. The number of nitrogens with zero attached hydrogens (tertiary/aromatic N) is 1. The first-order valence-electron chi connectivity index (χ1n) is 7.75. The average molecular weight is 282 g/mol. The van der Waals surface area contributed by atoms with Crippen molar-refractivity contribution in [3.8, 4) is 0 Å². The number of carboxylic acid groups (broad SMARTS) is 1. The highest BCUT2D eigenvalue weighted by Gasteiger charge is 2.32. The van der Waals surface area contributed by atoms with E-state index in [0.717, 1.165) is 24.7 Å². The SMILES string of the molecule is CC(C)C1CCC(NC(=O)N2CCC(C(=O)O)C2)CC1. The van der Waals surface area contributed by atoms with Crippen LogP contribution in [0.15, 0.2) is 0 Å². The third-order valence-electron chi connectivity index (χ3n) is 4.87. The predicted octanol–water partition coefficient (Wildman–Crippen LogP) is 2.32. The van der Waals surface area contributed by atoms with E-state index in [-0.39, 0.29) is 12.1 Å². The van der Waals surface area contributed by atoms with Crippen molar-refractivity contribution in [3.63, 3.8) is 0 Å². The number of rotatable bonds is 3. The van der Waals surface area contributed by atoms with E-state index in [1.54, 1.807) is 4.90 Å². The van der Waals surface area contributed by atoms with Crippen LogP contribution in [0.25, 0.3) is 0 Å². The van der Waals surface area contributed by atoms with Crippen LogP contribution in [0.2, 0.25) is 0 Å². The van der Waals surface area contributed by atoms with Crippen molar-refractivity contribution < 1.29 is 14.7 Å². The second-order valence-corrected chi connectivity index (χ2v) is 6.58. The van der Waals surface area contributed by atoms with Gasteiger partial charge in [-0.3, -0.25) is 4.79 Å². The summed E-state index contributed by atoms with van der Waals surface area (Å²) in [7, 11) is 0. The molecule has 0 aromatic carbocycles. The molecule has 1 saturated heterocycles. The van der Waals surface area contributed by atoms with Crippen LogP contribution in [0, 0.1) is 17.8 Å². The molecule has 5 nitrogen and oxygen atoms in total. The van der Waals surface area contributed by atoms with Crippen molar-refractivity contribution in [2.24, 2.45) is 17.8 Å². The summed E-state index contributed by atoms with van der Waals surface area (Å²) in [6.45, 7) is 5.44. The normalized spacial score (nSPS) is 30.6. The maximum absolute atomic E-state index is 12.1. The molecule has 1 unspecified atom stereocenters. The van der Waals surface area contributed by atoms with Gasteiger partial charge in [-0.05, 0) is 43.9 Å². The lowest BCUT2D eigenvalue weighted by atomic mass is 9.80. The standard InChI is InChI=1S/C15H26N2O3/c1-10(2)11-3-5-13(6-4-11)16-15(20)17-8-7-12(9-17)14(18)19/h10-13H,3-9H2,1-2H3,(H,16,20)(H,18,19). The molecular formula is C15H26N2O3.